The molecule has 1 saturated carbocycles. The summed E-state index contributed by atoms with van der Waals surface area (Å²) < 4.78 is 32.3. The first kappa shape index (κ1) is 33.1. The summed E-state index contributed by atoms with van der Waals surface area (Å²) in [6.45, 7) is 13.6. The molecule has 8 atom stereocenters. The molecule has 0 aromatic heterocycles. The highest BCUT2D eigenvalue weighted by atomic mass is 32.2. The molecule has 6 unspecified atom stereocenters. The number of aliphatic hydroxyl groups excluding tert-OH is 1. The lowest BCUT2D eigenvalue weighted by atomic mass is 9.83. The minimum Gasteiger partial charge on any atom is -0.462 e. The summed E-state index contributed by atoms with van der Waals surface area (Å²) in [5.41, 5.74) is -2.73. The molecule has 1 heterocycles. The fraction of sp³-hybridized carbons (Fsp3) is 0.778. The Kier molecular flexibility index (Phi) is 11.0. The van der Waals surface area contributed by atoms with E-state index in [1.54, 1.807) is 27.7 Å². The third-order valence-electron chi connectivity index (χ3n) is 6.86. The summed E-state index contributed by atoms with van der Waals surface area (Å²) in [5, 5.41) is 21.5. The van der Waals surface area contributed by atoms with Gasteiger partial charge in [-0.05, 0) is 45.3 Å². The van der Waals surface area contributed by atoms with Crippen molar-refractivity contribution in [2.75, 3.05) is 0 Å². The Morgan fingerprint density at radius 3 is 2.21 bits per heavy atom. The van der Waals surface area contributed by atoms with Gasteiger partial charge in [-0.3, -0.25) is 19.2 Å². The third kappa shape index (κ3) is 6.61. The van der Waals surface area contributed by atoms with Gasteiger partial charge < -0.3 is 33.7 Å². The van der Waals surface area contributed by atoms with E-state index >= 15 is 0 Å². The Morgan fingerprint density at radius 1 is 1.13 bits per heavy atom. The van der Waals surface area contributed by atoms with Crippen molar-refractivity contribution in [3.05, 3.63) is 11.1 Å². The normalized spacial score (nSPS) is 33.6. The van der Waals surface area contributed by atoms with E-state index in [2.05, 4.69) is 13.8 Å². The van der Waals surface area contributed by atoms with Crippen LogP contribution in [0.4, 0.5) is 0 Å². The minimum absolute atomic E-state index is 0.0247. The van der Waals surface area contributed by atoms with Crippen molar-refractivity contribution < 1.29 is 52.9 Å². The molecule has 1 aliphatic heterocycles. The molecule has 39 heavy (non-hydrogen) atoms. The number of esters is 4. The van der Waals surface area contributed by atoms with Gasteiger partial charge in [0.15, 0.2) is 17.0 Å². The first-order valence-corrected chi connectivity index (χ1v) is 14.1. The minimum atomic E-state index is -2.26. The second-order valence-electron chi connectivity index (χ2n) is 11.2. The van der Waals surface area contributed by atoms with E-state index in [9.17, 15) is 33.9 Å². The molecule has 0 radical (unpaired) electrons. The number of ether oxygens (including phenoxy) is 4. The maximum Gasteiger partial charge on any atom is 0.325 e. The van der Waals surface area contributed by atoms with Crippen molar-refractivity contribution >= 4 is 35.9 Å². The van der Waals surface area contributed by atoms with Crippen LogP contribution in [-0.4, -0.2) is 80.0 Å². The second kappa shape index (κ2) is 13.0. The molecule has 0 bridgehead atoms. The number of carbonyl (C=O) groups is 4. The van der Waals surface area contributed by atoms with Gasteiger partial charge >= 0.3 is 23.9 Å². The van der Waals surface area contributed by atoms with Crippen LogP contribution in [0.25, 0.3) is 0 Å². The lowest BCUT2D eigenvalue weighted by Crippen LogP contribution is -2.57. The first-order chi connectivity index (χ1) is 18.1. The fourth-order valence-corrected chi connectivity index (χ4v) is 5.69. The Labute approximate surface area is 233 Å². The third-order valence-corrected chi connectivity index (χ3v) is 7.64. The van der Waals surface area contributed by atoms with Crippen LogP contribution >= 0.6 is 12.0 Å². The Hall–Kier alpha value is -2.15. The SMILES string of the molecule is CCC.CCCC(=O)O[C@H]1CC(OC(C)=O)C2C(=C(C)[C@H](O)C2OC(=O)C(C)(C)C)C2OC(=O)C(SO)C21O. The zero-order valence-electron chi connectivity index (χ0n) is 23.9. The van der Waals surface area contributed by atoms with Gasteiger partial charge in [0.25, 0.3) is 0 Å². The van der Waals surface area contributed by atoms with Crippen LogP contribution < -0.4 is 0 Å². The molecular weight excluding hydrogens is 532 g/mol. The highest BCUT2D eigenvalue weighted by Gasteiger charge is 2.69. The van der Waals surface area contributed by atoms with Crippen molar-refractivity contribution in [3.63, 3.8) is 0 Å². The molecule has 3 N–H and O–H groups in total. The summed E-state index contributed by atoms with van der Waals surface area (Å²) in [5.74, 6) is -3.94. The van der Waals surface area contributed by atoms with Crippen LogP contribution in [0.3, 0.4) is 0 Å². The quantitative estimate of drug-likeness (QED) is 0.184. The fourth-order valence-electron chi connectivity index (χ4n) is 5.11. The van der Waals surface area contributed by atoms with E-state index in [1.165, 1.54) is 20.3 Å². The van der Waals surface area contributed by atoms with Crippen LogP contribution in [-0.2, 0) is 38.1 Å². The molecule has 2 fully saturated rings. The van der Waals surface area contributed by atoms with E-state index in [1.807, 2.05) is 0 Å². The smallest absolute Gasteiger partial charge is 0.325 e. The molecule has 0 aromatic rings. The van der Waals surface area contributed by atoms with Gasteiger partial charge in [0.2, 0.25) is 0 Å². The molecule has 0 amide bonds. The van der Waals surface area contributed by atoms with E-state index in [0.29, 0.717) is 6.42 Å². The molecule has 3 rings (SSSR count). The van der Waals surface area contributed by atoms with Gasteiger partial charge in [0.1, 0.15) is 24.4 Å². The molecule has 222 valence electrons. The number of aliphatic hydroxyl groups is 2. The van der Waals surface area contributed by atoms with Crippen molar-refractivity contribution in [2.45, 2.75) is 122 Å². The van der Waals surface area contributed by atoms with Crippen molar-refractivity contribution in [3.8, 4) is 0 Å². The number of fused-ring (bicyclic) bond motifs is 3. The van der Waals surface area contributed by atoms with Crippen molar-refractivity contribution in [1.82, 2.24) is 0 Å². The van der Waals surface area contributed by atoms with E-state index in [0.717, 1.165) is 0 Å². The summed E-state index contributed by atoms with van der Waals surface area (Å²) in [7, 11) is 0. The number of hydrogen-bond donors (Lipinski definition) is 3. The first-order valence-electron chi connectivity index (χ1n) is 13.3. The molecule has 12 heteroatoms. The standard InChI is InChI=1S/C24H34O11S.C3H8/c1-7-8-14(26)33-13-9-12(32-11(3)25)16-15(19-24(13,30)20(36-31)21(28)35-19)10(2)17(27)18(16)34-22(29)23(4,5)6;1-3-2/h12-13,16-20,27,30-31H,7-9H2,1-6H3;3H2,1-2H3/t12?,13-,16?,17-,18?,19?,20?,24?;/m0./s1. The zero-order valence-corrected chi connectivity index (χ0v) is 24.7. The maximum atomic E-state index is 12.8. The Balaban J connectivity index is 0.00000170. The molecule has 0 spiro atoms. The average Bonchev–Trinajstić information content (AvgIpc) is 3.18. The van der Waals surface area contributed by atoms with Gasteiger partial charge in [-0.15, -0.1) is 0 Å². The predicted octanol–water partition coefficient (Wildman–Crippen LogP) is 2.95. The second-order valence-corrected chi connectivity index (χ2v) is 11.9. The summed E-state index contributed by atoms with van der Waals surface area (Å²) in [6, 6.07) is 0. The Bertz CT molecular complexity index is 971. The highest BCUT2D eigenvalue weighted by molar-refractivity contribution is 7.95. The van der Waals surface area contributed by atoms with Crippen LogP contribution in [0.2, 0.25) is 0 Å². The van der Waals surface area contributed by atoms with E-state index in [-0.39, 0.29) is 36.0 Å². The number of rotatable bonds is 6. The van der Waals surface area contributed by atoms with Crippen LogP contribution in [0, 0.1) is 11.3 Å². The van der Waals surface area contributed by atoms with Gasteiger partial charge in [-0.2, -0.15) is 0 Å². The van der Waals surface area contributed by atoms with Gasteiger partial charge in [-0.1, -0.05) is 27.2 Å². The predicted molar refractivity (Wildman–Crippen MR) is 141 cm³/mol. The van der Waals surface area contributed by atoms with Crippen LogP contribution in [0.5, 0.6) is 0 Å². The molecule has 11 nitrogen and oxygen atoms in total. The largest absolute Gasteiger partial charge is 0.462 e. The number of carbonyl (C=O) groups excluding carboxylic acids is 4. The van der Waals surface area contributed by atoms with E-state index < -0.39 is 76.6 Å². The van der Waals surface area contributed by atoms with Crippen LogP contribution in [0.1, 0.15) is 81.1 Å². The molecule has 3 aliphatic rings. The van der Waals surface area contributed by atoms with Crippen molar-refractivity contribution in [2.24, 2.45) is 11.3 Å². The molecule has 2 aliphatic carbocycles. The van der Waals surface area contributed by atoms with Crippen molar-refractivity contribution in [1.29, 1.82) is 0 Å². The Morgan fingerprint density at radius 2 is 1.72 bits per heavy atom. The highest BCUT2D eigenvalue weighted by Crippen LogP contribution is 2.53. The number of hydrogen-bond acceptors (Lipinski definition) is 12. The average molecular weight is 575 g/mol. The molecule has 0 aromatic carbocycles. The van der Waals surface area contributed by atoms with Gasteiger partial charge in [-0.25, -0.2) is 0 Å². The lowest BCUT2D eigenvalue weighted by Gasteiger charge is -2.36. The maximum absolute atomic E-state index is 12.8. The molecular formula is C27H42O11S. The van der Waals surface area contributed by atoms with Gasteiger partial charge in [0.05, 0.1) is 11.3 Å². The summed E-state index contributed by atoms with van der Waals surface area (Å²) >= 11 is 0.0506. The lowest BCUT2D eigenvalue weighted by molar-refractivity contribution is -0.177. The van der Waals surface area contributed by atoms with Crippen LogP contribution in [0.15, 0.2) is 11.1 Å². The van der Waals surface area contributed by atoms with E-state index in [4.69, 9.17) is 18.9 Å². The zero-order chi connectivity index (χ0) is 29.9. The topological polar surface area (TPSA) is 166 Å². The summed E-state index contributed by atoms with van der Waals surface area (Å²) in [6.07, 6.45) is -5.17. The van der Waals surface area contributed by atoms with Gasteiger partial charge in [0, 0.05) is 31.8 Å². The molecule has 1 saturated heterocycles. The monoisotopic (exact) mass is 574 g/mol. The summed E-state index contributed by atoms with van der Waals surface area (Å²) in [4.78, 5) is 50.1.